The van der Waals surface area contributed by atoms with Crippen molar-refractivity contribution in [3.05, 3.63) is 54.5 Å². The number of aryl methyl sites for hydroxylation is 1. The molecule has 0 unspecified atom stereocenters. The number of methoxy groups -OCH3 is 1. The molecule has 154 valence electrons. The van der Waals surface area contributed by atoms with Crippen LogP contribution in [0.4, 0.5) is 0 Å². The maximum atomic E-state index is 5.79. The molecule has 0 fully saturated rings. The third-order valence-electron chi connectivity index (χ3n) is 4.57. The summed E-state index contributed by atoms with van der Waals surface area (Å²) < 4.78 is 13.0. The second-order valence-electron chi connectivity index (χ2n) is 6.57. The summed E-state index contributed by atoms with van der Waals surface area (Å²) in [7, 11) is 5.44. The summed E-state index contributed by atoms with van der Waals surface area (Å²) in [5, 5.41) is 11.8. The molecule has 2 heterocycles. The van der Waals surface area contributed by atoms with Crippen LogP contribution >= 0.6 is 0 Å². The third-order valence-corrected chi connectivity index (χ3v) is 4.57. The smallest absolute Gasteiger partial charge is 0.193 e. The van der Waals surface area contributed by atoms with E-state index in [1.807, 2.05) is 60.1 Å². The van der Waals surface area contributed by atoms with Crippen molar-refractivity contribution in [2.24, 2.45) is 4.99 Å². The monoisotopic (exact) mass is 396 g/mol. The van der Waals surface area contributed by atoms with Gasteiger partial charge in [-0.2, -0.15) is 0 Å². The van der Waals surface area contributed by atoms with E-state index >= 15 is 0 Å². The van der Waals surface area contributed by atoms with Crippen LogP contribution < -0.4 is 14.8 Å². The molecule has 2 aromatic heterocycles. The van der Waals surface area contributed by atoms with Crippen molar-refractivity contribution in [1.29, 1.82) is 0 Å². The van der Waals surface area contributed by atoms with E-state index < -0.39 is 0 Å². The van der Waals surface area contributed by atoms with Gasteiger partial charge in [-0.15, -0.1) is 10.2 Å². The number of nitrogens with one attached hydrogen (secondary N) is 1. The van der Waals surface area contributed by atoms with Crippen molar-refractivity contribution in [2.75, 3.05) is 40.9 Å². The predicted molar refractivity (Wildman–Crippen MR) is 114 cm³/mol. The summed E-state index contributed by atoms with van der Waals surface area (Å²) in [6, 6.07) is 13.5. The van der Waals surface area contributed by atoms with Crippen LogP contribution in [0.15, 0.2) is 53.7 Å². The number of pyridine rings is 1. The molecule has 0 aliphatic heterocycles. The SMILES string of the molecule is CN=C(NCCCc1nnc2ccccn12)N(C)CCOc1ccc(OC)cc1. The second kappa shape index (κ2) is 10.3. The quantitative estimate of drug-likeness (QED) is 0.340. The molecule has 29 heavy (non-hydrogen) atoms. The number of guanidine groups is 1. The molecule has 0 aliphatic carbocycles. The fraction of sp³-hybridized carbons (Fsp3) is 0.381. The Morgan fingerprint density at radius 2 is 1.93 bits per heavy atom. The van der Waals surface area contributed by atoms with Gasteiger partial charge in [0.15, 0.2) is 11.6 Å². The highest BCUT2D eigenvalue weighted by Gasteiger charge is 2.07. The minimum Gasteiger partial charge on any atom is -0.497 e. The molecule has 0 saturated carbocycles. The first-order chi connectivity index (χ1) is 14.2. The van der Waals surface area contributed by atoms with Gasteiger partial charge in [-0.05, 0) is 42.8 Å². The Kier molecular flexibility index (Phi) is 7.27. The van der Waals surface area contributed by atoms with Crippen molar-refractivity contribution in [2.45, 2.75) is 12.8 Å². The average molecular weight is 396 g/mol. The number of nitrogens with zero attached hydrogens (tertiary/aromatic N) is 5. The number of fused-ring (bicyclic) bond motifs is 1. The van der Waals surface area contributed by atoms with Crippen LogP contribution in [0, 0.1) is 0 Å². The van der Waals surface area contributed by atoms with Gasteiger partial charge >= 0.3 is 0 Å². The molecule has 0 saturated heterocycles. The Morgan fingerprint density at radius 3 is 2.69 bits per heavy atom. The van der Waals surface area contributed by atoms with Gasteiger partial charge in [-0.25, -0.2) is 0 Å². The zero-order chi connectivity index (χ0) is 20.5. The normalized spacial score (nSPS) is 11.5. The van der Waals surface area contributed by atoms with E-state index in [9.17, 15) is 0 Å². The highest BCUT2D eigenvalue weighted by atomic mass is 16.5. The van der Waals surface area contributed by atoms with Gasteiger partial charge in [0.05, 0.1) is 13.7 Å². The molecule has 3 rings (SSSR count). The van der Waals surface area contributed by atoms with Gasteiger partial charge in [0.25, 0.3) is 0 Å². The molecule has 1 N–H and O–H groups in total. The maximum absolute atomic E-state index is 5.79. The Labute approximate surface area is 171 Å². The second-order valence-corrected chi connectivity index (χ2v) is 6.57. The number of rotatable bonds is 9. The molecular weight excluding hydrogens is 368 g/mol. The summed E-state index contributed by atoms with van der Waals surface area (Å²) in [6.45, 7) is 2.09. The molecule has 0 atom stereocenters. The molecule has 0 spiro atoms. The molecule has 0 aliphatic rings. The van der Waals surface area contributed by atoms with Crippen molar-refractivity contribution in [1.82, 2.24) is 24.8 Å². The first-order valence-corrected chi connectivity index (χ1v) is 9.68. The minimum absolute atomic E-state index is 0.565. The van der Waals surface area contributed by atoms with Gasteiger partial charge in [0.1, 0.15) is 23.9 Å². The summed E-state index contributed by atoms with van der Waals surface area (Å²) in [4.78, 5) is 6.40. The number of aromatic nitrogens is 3. The zero-order valence-corrected chi connectivity index (χ0v) is 17.2. The lowest BCUT2D eigenvalue weighted by atomic mass is 10.3. The average Bonchev–Trinajstić information content (AvgIpc) is 3.17. The Bertz CT molecular complexity index is 922. The molecule has 3 aromatic rings. The van der Waals surface area contributed by atoms with Crippen molar-refractivity contribution < 1.29 is 9.47 Å². The molecule has 8 nitrogen and oxygen atoms in total. The number of hydrogen-bond acceptors (Lipinski definition) is 5. The van der Waals surface area contributed by atoms with E-state index in [4.69, 9.17) is 9.47 Å². The zero-order valence-electron chi connectivity index (χ0n) is 17.2. The standard InChI is InChI=1S/C21H28N6O2/c1-22-21(26(2)15-16-29-18-11-9-17(28-3)10-12-18)23-13-6-8-20-25-24-19-7-4-5-14-27(19)20/h4-5,7,9-12,14H,6,8,13,15-16H2,1-3H3,(H,22,23). The minimum atomic E-state index is 0.565. The lowest BCUT2D eigenvalue weighted by Crippen LogP contribution is -2.41. The first kappa shape index (κ1) is 20.4. The number of benzene rings is 1. The van der Waals surface area contributed by atoms with Gasteiger partial charge in [-0.1, -0.05) is 6.07 Å². The van der Waals surface area contributed by atoms with Crippen LogP contribution in [0.2, 0.25) is 0 Å². The van der Waals surface area contributed by atoms with Gasteiger partial charge < -0.3 is 19.7 Å². The van der Waals surface area contributed by atoms with Gasteiger partial charge in [0.2, 0.25) is 0 Å². The van der Waals surface area contributed by atoms with Gasteiger partial charge in [-0.3, -0.25) is 9.39 Å². The van der Waals surface area contributed by atoms with E-state index in [1.165, 1.54) is 0 Å². The summed E-state index contributed by atoms with van der Waals surface area (Å²) in [6.07, 6.45) is 3.78. The predicted octanol–water partition coefficient (Wildman–Crippen LogP) is 2.26. The van der Waals surface area contributed by atoms with Crippen LogP contribution in [-0.2, 0) is 6.42 Å². The highest BCUT2D eigenvalue weighted by molar-refractivity contribution is 5.79. The van der Waals surface area contributed by atoms with Crippen LogP contribution in [0.5, 0.6) is 11.5 Å². The van der Waals surface area contributed by atoms with Crippen LogP contribution in [0.25, 0.3) is 5.65 Å². The molecular formula is C21H28N6O2. The summed E-state index contributed by atoms with van der Waals surface area (Å²) in [5.41, 5.74) is 0.878. The van der Waals surface area contributed by atoms with Crippen molar-refractivity contribution in [3.63, 3.8) is 0 Å². The van der Waals surface area contributed by atoms with Crippen LogP contribution in [0.3, 0.4) is 0 Å². The highest BCUT2D eigenvalue weighted by Crippen LogP contribution is 2.16. The Balaban J connectivity index is 1.38. The number of hydrogen-bond donors (Lipinski definition) is 1. The maximum Gasteiger partial charge on any atom is 0.193 e. The fourth-order valence-corrected chi connectivity index (χ4v) is 2.97. The van der Waals surface area contributed by atoms with Crippen LogP contribution in [0.1, 0.15) is 12.2 Å². The van der Waals surface area contributed by atoms with E-state index in [0.717, 1.165) is 54.9 Å². The number of aliphatic imine (C=N–C) groups is 1. The lowest BCUT2D eigenvalue weighted by molar-refractivity contribution is 0.281. The van der Waals surface area contributed by atoms with E-state index in [0.29, 0.717) is 6.61 Å². The summed E-state index contributed by atoms with van der Waals surface area (Å²) in [5.74, 6) is 3.45. The first-order valence-electron chi connectivity index (χ1n) is 9.68. The number of ether oxygens (including phenoxy) is 2. The lowest BCUT2D eigenvalue weighted by Gasteiger charge is -2.22. The molecule has 0 bridgehead atoms. The Hall–Kier alpha value is -3.29. The largest absolute Gasteiger partial charge is 0.497 e. The molecule has 1 aromatic carbocycles. The topological polar surface area (TPSA) is 76.3 Å². The molecule has 0 amide bonds. The van der Waals surface area contributed by atoms with Crippen molar-refractivity contribution >= 4 is 11.6 Å². The molecule has 0 radical (unpaired) electrons. The number of likely N-dealkylation sites (N-methyl/N-ethyl adjacent to an activating group) is 1. The van der Waals surface area contributed by atoms with E-state index in [-0.39, 0.29) is 0 Å². The van der Waals surface area contributed by atoms with Crippen molar-refractivity contribution in [3.8, 4) is 11.5 Å². The fourth-order valence-electron chi connectivity index (χ4n) is 2.97. The van der Waals surface area contributed by atoms with E-state index in [1.54, 1.807) is 14.2 Å². The van der Waals surface area contributed by atoms with Gasteiger partial charge in [0, 0.05) is 33.3 Å². The third kappa shape index (κ3) is 5.60. The summed E-state index contributed by atoms with van der Waals surface area (Å²) >= 11 is 0. The van der Waals surface area contributed by atoms with Crippen LogP contribution in [-0.4, -0.2) is 66.4 Å². The Morgan fingerprint density at radius 1 is 1.14 bits per heavy atom. The van der Waals surface area contributed by atoms with E-state index in [2.05, 4.69) is 25.4 Å². The molecule has 8 heteroatoms.